The number of nitrogens with one attached hydrogen (secondary N) is 1. The molecule has 1 amide bonds. The lowest BCUT2D eigenvalue weighted by Crippen LogP contribution is -2.28. The molecule has 172 valence electrons. The van der Waals surface area contributed by atoms with Crippen LogP contribution in [0.5, 0.6) is 11.5 Å². The highest BCUT2D eigenvalue weighted by Gasteiger charge is 2.16. The molecule has 0 saturated carbocycles. The van der Waals surface area contributed by atoms with Gasteiger partial charge in [-0.3, -0.25) is 4.79 Å². The Bertz CT molecular complexity index is 1590. The highest BCUT2D eigenvalue weighted by Crippen LogP contribution is 2.29. The first-order chi connectivity index (χ1) is 16.5. The molecule has 0 aliphatic carbocycles. The summed E-state index contributed by atoms with van der Waals surface area (Å²) >= 11 is 0. The first-order valence-corrected chi connectivity index (χ1v) is 10.2. The molecule has 0 radical (unpaired) electrons. The summed E-state index contributed by atoms with van der Waals surface area (Å²) < 4.78 is 27.7. The molecule has 0 fully saturated rings. The van der Waals surface area contributed by atoms with E-state index >= 15 is 0 Å². The Labute approximate surface area is 191 Å². The predicted octanol–water partition coefficient (Wildman–Crippen LogP) is 2.61. The van der Waals surface area contributed by atoms with Crippen LogP contribution in [0.3, 0.4) is 0 Å². The average molecular weight is 462 g/mol. The number of nitrogens with zero attached hydrogens (tertiary/aromatic N) is 5. The minimum atomic E-state index is -0.468. The van der Waals surface area contributed by atoms with Gasteiger partial charge in [0.2, 0.25) is 5.91 Å². The van der Waals surface area contributed by atoms with E-state index in [1.807, 2.05) is 0 Å². The van der Waals surface area contributed by atoms with Gasteiger partial charge in [0.15, 0.2) is 17.1 Å². The van der Waals surface area contributed by atoms with E-state index in [1.54, 1.807) is 47.1 Å². The zero-order chi connectivity index (χ0) is 23.8. The van der Waals surface area contributed by atoms with Crippen LogP contribution in [-0.4, -0.2) is 43.9 Å². The van der Waals surface area contributed by atoms with Gasteiger partial charge in [0.1, 0.15) is 17.9 Å². The number of methoxy groups -OCH3 is 2. The quantitative estimate of drug-likeness (QED) is 0.416. The van der Waals surface area contributed by atoms with Crippen LogP contribution in [0.4, 0.5) is 10.1 Å². The number of aromatic nitrogens is 5. The Hall–Kier alpha value is -4.67. The third-order valence-electron chi connectivity index (χ3n) is 5.29. The molecule has 2 aromatic carbocycles. The molecule has 5 rings (SSSR count). The third-order valence-corrected chi connectivity index (χ3v) is 5.29. The van der Waals surface area contributed by atoms with Crippen molar-refractivity contribution in [1.29, 1.82) is 0 Å². The summed E-state index contributed by atoms with van der Waals surface area (Å²) in [6.45, 7) is -0.292. The molecule has 0 bridgehead atoms. The second kappa shape index (κ2) is 8.35. The van der Waals surface area contributed by atoms with Crippen LogP contribution < -0.4 is 20.5 Å². The Balaban J connectivity index is 1.44. The van der Waals surface area contributed by atoms with Crippen molar-refractivity contribution in [2.45, 2.75) is 6.54 Å². The van der Waals surface area contributed by atoms with E-state index in [0.717, 1.165) is 10.2 Å². The van der Waals surface area contributed by atoms with Gasteiger partial charge in [0.25, 0.3) is 0 Å². The normalized spacial score (nSPS) is 11.1. The summed E-state index contributed by atoms with van der Waals surface area (Å²) in [7, 11) is 3.02. The monoisotopic (exact) mass is 462 g/mol. The second-order valence-corrected chi connectivity index (χ2v) is 7.42. The lowest BCUT2D eigenvalue weighted by Gasteiger charge is -2.10. The maximum absolute atomic E-state index is 13.3. The molecular weight excluding hydrogens is 443 g/mol. The highest BCUT2D eigenvalue weighted by atomic mass is 19.1. The maximum Gasteiger partial charge on any atom is 0.350 e. The van der Waals surface area contributed by atoms with Crippen LogP contribution in [0.2, 0.25) is 0 Å². The van der Waals surface area contributed by atoms with Gasteiger partial charge in [0.05, 0.1) is 19.9 Å². The van der Waals surface area contributed by atoms with Gasteiger partial charge in [-0.25, -0.2) is 22.8 Å². The van der Waals surface area contributed by atoms with E-state index in [2.05, 4.69) is 15.5 Å². The van der Waals surface area contributed by atoms with Gasteiger partial charge in [-0.2, -0.15) is 5.10 Å². The Kier molecular flexibility index (Phi) is 5.21. The average Bonchev–Trinajstić information content (AvgIpc) is 3.41. The first-order valence-electron chi connectivity index (χ1n) is 10.2. The van der Waals surface area contributed by atoms with Crippen LogP contribution in [0.25, 0.3) is 22.4 Å². The van der Waals surface area contributed by atoms with Crippen molar-refractivity contribution in [2.75, 3.05) is 19.5 Å². The Morgan fingerprint density at radius 3 is 2.50 bits per heavy atom. The van der Waals surface area contributed by atoms with Gasteiger partial charge in [-0.05, 0) is 42.5 Å². The van der Waals surface area contributed by atoms with Crippen molar-refractivity contribution in [1.82, 2.24) is 23.8 Å². The molecule has 3 aromatic heterocycles. The second-order valence-electron chi connectivity index (χ2n) is 7.42. The fourth-order valence-corrected chi connectivity index (χ4v) is 3.65. The van der Waals surface area contributed by atoms with Gasteiger partial charge < -0.3 is 14.8 Å². The molecule has 10 nitrogen and oxygen atoms in total. The molecule has 1 N–H and O–H groups in total. The standard InChI is InChI=1S/C23H19FN6O4/c1-33-19-8-7-16(11-20(19)34-2)25-21(31)13-30-23(32)28-9-10-29-18(22(28)27-30)12-17(26-29)14-3-5-15(24)6-4-14/h3-12H,13H2,1-2H3,(H,25,31). The number of rotatable bonds is 6. The number of anilines is 1. The van der Waals surface area contributed by atoms with Crippen molar-refractivity contribution in [3.8, 4) is 22.8 Å². The van der Waals surface area contributed by atoms with Crippen LogP contribution in [-0.2, 0) is 11.3 Å². The molecule has 0 atom stereocenters. The van der Waals surface area contributed by atoms with Crippen molar-refractivity contribution in [3.05, 3.63) is 77.2 Å². The Morgan fingerprint density at radius 1 is 1.00 bits per heavy atom. The third kappa shape index (κ3) is 3.72. The smallest absolute Gasteiger partial charge is 0.350 e. The van der Waals surface area contributed by atoms with Crippen LogP contribution in [0.15, 0.2) is 65.7 Å². The zero-order valence-corrected chi connectivity index (χ0v) is 18.2. The molecule has 0 unspecified atom stereocenters. The first kappa shape index (κ1) is 21.2. The molecule has 5 aromatic rings. The minimum Gasteiger partial charge on any atom is -0.493 e. The topological polar surface area (TPSA) is 104 Å². The number of ether oxygens (including phenoxy) is 2. The lowest BCUT2D eigenvalue weighted by atomic mass is 10.1. The minimum absolute atomic E-state index is 0.292. The van der Waals surface area contributed by atoms with Crippen molar-refractivity contribution in [2.24, 2.45) is 0 Å². The molecule has 34 heavy (non-hydrogen) atoms. The van der Waals surface area contributed by atoms with E-state index in [0.29, 0.717) is 34.0 Å². The largest absolute Gasteiger partial charge is 0.493 e. The van der Waals surface area contributed by atoms with Crippen LogP contribution >= 0.6 is 0 Å². The molecule has 0 saturated heterocycles. The van der Waals surface area contributed by atoms with Gasteiger partial charge in [-0.1, -0.05) is 0 Å². The number of hydrogen-bond acceptors (Lipinski definition) is 6. The van der Waals surface area contributed by atoms with E-state index in [1.165, 1.54) is 36.9 Å². The molecule has 0 aliphatic heterocycles. The van der Waals surface area contributed by atoms with Crippen LogP contribution in [0.1, 0.15) is 0 Å². The highest BCUT2D eigenvalue weighted by molar-refractivity contribution is 5.91. The molecule has 0 aliphatic rings. The van der Waals surface area contributed by atoms with Gasteiger partial charge in [0, 0.05) is 29.7 Å². The van der Waals surface area contributed by atoms with E-state index < -0.39 is 11.6 Å². The van der Waals surface area contributed by atoms with Gasteiger partial charge in [-0.15, -0.1) is 5.10 Å². The van der Waals surface area contributed by atoms with Crippen LogP contribution in [0, 0.1) is 5.82 Å². The van der Waals surface area contributed by atoms with E-state index in [-0.39, 0.29) is 12.4 Å². The number of carbonyl (C=O) groups excluding carboxylic acids is 1. The zero-order valence-electron chi connectivity index (χ0n) is 18.2. The van der Waals surface area contributed by atoms with Crippen molar-refractivity contribution >= 4 is 22.8 Å². The maximum atomic E-state index is 13.3. The van der Waals surface area contributed by atoms with Gasteiger partial charge >= 0.3 is 5.69 Å². The number of hydrogen-bond donors (Lipinski definition) is 1. The summed E-state index contributed by atoms with van der Waals surface area (Å²) in [6, 6.07) is 12.7. The fourth-order valence-electron chi connectivity index (χ4n) is 3.65. The molecule has 0 spiro atoms. The Morgan fingerprint density at radius 2 is 1.76 bits per heavy atom. The molecule has 11 heteroatoms. The summed E-state index contributed by atoms with van der Waals surface area (Å²) in [5, 5.41) is 11.5. The van der Waals surface area contributed by atoms with Crippen molar-refractivity contribution in [3.63, 3.8) is 0 Å². The number of benzene rings is 2. The predicted molar refractivity (Wildman–Crippen MR) is 122 cm³/mol. The summed E-state index contributed by atoms with van der Waals surface area (Å²) in [6.07, 6.45) is 3.15. The number of carbonyl (C=O) groups is 1. The summed E-state index contributed by atoms with van der Waals surface area (Å²) in [5.41, 5.74) is 2.25. The lowest BCUT2D eigenvalue weighted by molar-refractivity contribution is -0.117. The summed E-state index contributed by atoms with van der Waals surface area (Å²) in [5.74, 6) is 0.216. The van der Waals surface area contributed by atoms with Crippen molar-refractivity contribution < 1.29 is 18.7 Å². The SMILES string of the molecule is COc1ccc(NC(=O)Cn2nc3c4cc(-c5ccc(F)cc5)nn4ccn3c2=O)cc1OC. The summed E-state index contributed by atoms with van der Waals surface area (Å²) in [4.78, 5) is 25.4. The van der Waals surface area contributed by atoms with E-state index in [4.69, 9.17) is 9.47 Å². The molecular formula is C23H19FN6O4. The fraction of sp³-hybridized carbons (Fsp3) is 0.130. The number of halogens is 1. The molecule has 3 heterocycles. The van der Waals surface area contributed by atoms with E-state index in [9.17, 15) is 14.0 Å². The number of fused-ring (bicyclic) bond motifs is 3. The number of amides is 1.